The highest BCUT2D eigenvalue weighted by molar-refractivity contribution is 8.14. The number of benzene rings is 1. The molecule has 21 heavy (non-hydrogen) atoms. The Kier molecular flexibility index (Phi) is 4.51. The monoisotopic (exact) mass is 316 g/mol. The van der Waals surface area contributed by atoms with E-state index in [0.717, 1.165) is 16.4 Å². The predicted molar refractivity (Wildman–Crippen MR) is 89.2 cm³/mol. The largest absolute Gasteiger partial charge is 0.271 e. The molecule has 0 bridgehead atoms. The van der Waals surface area contributed by atoms with Gasteiger partial charge in [-0.05, 0) is 23.8 Å². The third-order valence-corrected chi connectivity index (χ3v) is 5.64. The molecule has 0 saturated carbocycles. The molecule has 1 aliphatic heterocycles. The lowest BCUT2D eigenvalue weighted by atomic mass is 10.2. The molecule has 1 aromatic heterocycles. The van der Waals surface area contributed by atoms with Crippen molar-refractivity contribution in [2.24, 2.45) is 4.99 Å². The van der Waals surface area contributed by atoms with Crippen LogP contribution in [0.5, 0.6) is 0 Å². The topological polar surface area (TPSA) is 42.3 Å². The molecule has 1 aliphatic rings. The number of aliphatic imine (C=N–C) groups is 1. The van der Waals surface area contributed by atoms with Gasteiger partial charge in [0.2, 0.25) is 0 Å². The zero-order valence-corrected chi connectivity index (χ0v) is 13.4. The summed E-state index contributed by atoms with van der Waals surface area (Å²) in [6.45, 7) is 2.63. The standard InChI is InChI=1S/C16H16N2OS2/c1-2-21(19)11-13-7-5-8-14(18-13)16-17-10-12-6-3-4-9-15(12)20-16/h3-9H,2,10-11H2,1H3. The third kappa shape index (κ3) is 3.41. The van der Waals surface area contributed by atoms with Gasteiger partial charge in [-0.1, -0.05) is 43.0 Å². The van der Waals surface area contributed by atoms with Gasteiger partial charge in [-0.3, -0.25) is 9.20 Å². The van der Waals surface area contributed by atoms with Gasteiger partial charge in [0, 0.05) is 21.4 Å². The van der Waals surface area contributed by atoms with E-state index in [0.29, 0.717) is 18.1 Å². The van der Waals surface area contributed by atoms with Crippen LogP contribution in [0.1, 0.15) is 23.9 Å². The van der Waals surface area contributed by atoms with E-state index in [1.54, 1.807) is 11.8 Å². The van der Waals surface area contributed by atoms with Gasteiger partial charge in [-0.15, -0.1) is 0 Å². The summed E-state index contributed by atoms with van der Waals surface area (Å²) in [5.74, 6) is 1.17. The van der Waals surface area contributed by atoms with Crippen LogP contribution < -0.4 is 0 Å². The summed E-state index contributed by atoms with van der Waals surface area (Å²) in [7, 11) is -0.837. The Bertz CT molecular complexity index is 713. The first kappa shape index (κ1) is 14.5. The fourth-order valence-electron chi connectivity index (χ4n) is 2.11. The van der Waals surface area contributed by atoms with Gasteiger partial charge in [-0.25, -0.2) is 4.98 Å². The molecule has 0 saturated heterocycles. The smallest absolute Gasteiger partial charge is 0.121 e. The van der Waals surface area contributed by atoms with Gasteiger partial charge in [0.15, 0.2) is 0 Å². The van der Waals surface area contributed by atoms with Crippen LogP contribution in [0.15, 0.2) is 52.4 Å². The minimum absolute atomic E-state index is 0.513. The molecule has 0 fully saturated rings. The van der Waals surface area contributed by atoms with E-state index in [-0.39, 0.29) is 0 Å². The van der Waals surface area contributed by atoms with Gasteiger partial charge < -0.3 is 0 Å². The molecule has 1 aromatic carbocycles. The number of thioether (sulfide) groups is 1. The van der Waals surface area contributed by atoms with Crippen LogP contribution in [0.3, 0.4) is 0 Å². The minimum Gasteiger partial charge on any atom is -0.271 e. The normalized spacial score (nSPS) is 15.2. The lowest BCUT2D eigenvalue weighted by Crippen LogP contribution is -2.08. The predicted octanol–water partition coefficient (Wildman–Crippen LogP) is 3.40. The van der Waals surface area contributed by atoms with Crippen LogP contribution in [0.25, 0.3) is 0 Å². The Balaban J connectivity index is 1.83. The summed E-state index contributed by atoms with van der Waals surface area (Å²) in [6.07, 6.45) is 0. The minimum atomic E-state index is -0.837. The van der Waals surface area contributed by atoms with Crippen molar-refractivity contribution in [1.82, 2.24) is 4.98 Å². The lowest BCUT2D eigenvalue weighted by Gasteiger charge is -2.15. The molecule has 0 aliphatic carbocycles. The van der Waals surface area contributed by atoms with Crippen LogP contribution in [0.2, 0.25) is 0 Å². The molecule has 5 heteroatoms. The van der Waals surface area contributed by atoms with Crippen LogP contribution in [0, 0.1) is 0 Å². The Hall–Kier alpha value is -1.46. The molecule has 1 atom stereocenters. The first-order valence-corrected chi connectivity index (χ1v) is 9.18. The number of pyridine rings is 1. The molecular weight excluding hydrogens is 300 g/mol. The van der Waals surface area contributed by atoms with Crippen molar-refractivity contribution in [2.75, 3.05) is 5.75 Å². The maximum atomic E-state index is 11.7. The van der Waals surface area contributed by atoms with Crippen LogP contribution in [-0.4, -0.2) is 20.0 Å². The second-order valence-corrected chi connectivity index (χ2v) is 7.49. The Morgan fingerprint density at radius 2 is 2.05 bits per heavy atom. The molecule has 0 amide bonds. The first-order valence-electron chi connectivity index (χ1n) is 6.87. The summed E-state index contributed by atoms with van der Waals surface area (Å²) in [4.78, 5) is 10.5. The summed E-state index contributed by atoms with van der Waals surface area (Å²) in [5, 5.41) is 0.942. The third-order valence-electron chi connectivity index (χ3n) is 3.23. The first-order chi connectivity index (χ1) is 10.3. The van der Waals surface area contributed by atoms with Crippen molar-refractivity contribution >= 4 is 27.6 Å². The molecule has 0 spiro atoms. The van der Waals surface area contributed by atoms with Crippen LogP contribution in [0.4, 0.5) is 0 Å². The van der Waals surface area contributed by atoms with E-state index >= 15 is 0 Å². The van der Waals surface area contributed by atoms with Crippen molar-refractivity contribution in [3.05, 3.63) is 59.4 Å². The van der Waals surface area contributed by atoms with Crippen molar-refractivity contribution in [2.45, 2.75) is 24.1 Å². The fraction of sp³-hybridized carbons (Fsp3) is 0.250. The molecule has 3 nitrogen and oxygen atoms in total. The van der Waals surface area contributed by atoms with E-state index in [9.17, 15) is 4.21 Å². The van der Waals surface area contributed by atoms with E-state index in [1.807, 2.05) is 37.3 Å². The van der Waals surface area contributed by atoms with E-state index in [4.69, 9.17) is 0 Å². The zero-order valence-electron chi connectivity index (χ0n) is 11.8. The Morgan fingerprint density at radius 3 is 2.90 bits per heavy atom. The van der Waals surface area contributed by atoms with Crippen LogP contribution in [-0.2, 0) is 23.1 Å². The summed E-state index contributed by atoms with van der Waals surface area (Å²) < 4.78 is 11.7. The average Bonchev–Trinajstić information content (AvgIpc) is 2.54. The van der Waals surface area contributed by atoms with Gasteiger partial charge >= 0.3 is 0 Å². The number of hydrogen-bond donors (Lipinski definition) is 0. The molecule has 1 unspecified atom stereocenters. The van der Waals surface area contributed by atoms with Gasteiger partial charge in [0.05, 0.1) is 23.7 Å². The molecule has 2 heterocycles. The lowest BCUT2D eigenvalue weighted by molar-refractivity contribution is 0.683. The maximum absolute atomic E-state index is 11.7. The van der Waals surface area contributed by atoms with Gasteiger partial charge in [0.1, 0.15) is 5.04 Å². The van der Waals surface area contributed by atoms with Crippen LogP contribution >= 0.6 is 11.8 Å². The Labute approximate surface area is 131 Å². The number of nitrogens with zero attached hydrogens (tertiary/aromatic N) is 2. The summed E-state index contributed by atoms with van der Waals surface area (Å²) >= 11 is 1.66. The van der Waals surface area contributed by atoms with E-state index in [1.165, 1.54) is 10.5 Å². The average molecular weight is 316 g/mol. The highest BCUT2D eigenvalue weighted by Gasteiger charge is 2.15. The molecule has 3 rings (SSSR count). The van der Waals surface area contributed by atoms with E-state index in [2.05, 4.69) is 22.1 Å². The number of fused-ring (bicyclic) bond motifs is 1. The molecule has 2 aromatic rings. The second kappa shape index (κ2) is 6.54. The summed E-state index contributed by atoms with van der Waals surface area (Å²) in [6, 6.07) is 14.2. The fourth-order valence-corrected chi connectivity index (χ4v) is 3.77. The molecule has 0 N–H and O–H groups in total. The zero-order chi connectivity index (χ0) is 14.7. The Morgan fingerprint density at radius 1 is 1.19 bits per heavy atom. The van der Waals surface area contributed by atoms with Crippen molar-refractivity contribution < 1.29 is 4.21 Å². The highest BCUT2D eigenvalue weighted by Crippen LogP contribution is 2.31. The molecular formula is C16H16N2OS2. The number of aromatic nitrogens is 1. The number of hydrogen-bond acceptors (Lipinski definition) is 4. The van der Waals surface area contributed by atoms with Gasteiger partial charge in [0.25, 0.3) is 0 Å². The van der Waals surface area contributed by atoms with Crippen molar-refractivity contribution in [1.29, 1.82) is 0 Å². The van der Waals surface area contributed by atoms with E-state index < -0.39 is 10.8 Å². The number of rotatable bonds is 4. The quantitative estimate of drug-likeness (QED) is 0.868. The molecule has 0 radical (unpaired) electrons. The van der Waals surface area contributed by atoms with Crippen molar-refractivity contribution in [3.8, 4) is 0 Å². The highest BCUT2D eigenvalue weighted by atomic mass is 32.2. The maximum Gasteiger partial charge on any atom is 0.121 e. The summed E-state index contributed by atoms with van der Waals surface area (Å²) in [5.41, 5.74) is 3.00. The molecule has 108 valence electrons. The van der Waals surface area contributed by atoms with Crippen molar-refractivity contribution in [3.63, 3.8) is 0 Å². The SMILES string of the molecule is CCS(=O)Cc1cccc(C2=NCc3ccccc3S2)n1. The second-order valence-electron chi connectivity index (χ2n) is 4.72. The van der Waals surface area contributed by atoms with Gasteiger partial charge in [-0.2, -0.15) is 0 Å².